The number of benzene rings is 1. The molecule has 0 saturated heterocycles. The molecule has 2 heterocycles. The van der Waals surface area contributed by atoms with Crippen LogP contribution in [0.2, 0.25) is 0 Å². The number of hydrogen-bond acceptors (Lipinski definition) is 4. The average molecular weight is 300 g/mol. The van der Waals surface area contributed by atoms with E-state index in [9.17, 15) is 4.79 Å². The molecule has 2 nitrogen and oxygen atoms in total. The standard InChI is InChI=1S/C16H12O2S2/c1-2-11-3-5-12(6-4-11)9-18-16(17)15-14-13(10-20-15)7-8-19-14/h2-8,10H,1,9H2. The van der Waals surface area contributed by atoms with Crippen molar-refractivity contribution >= 4 is 44.8 Å². The molecule has 3 aromatic rings. The monoisotopic (exact) mass is 300 g/mol. The van der Waals surface area contributed by atoms with Gasteiger partial charge in [0.05, 0.1) is 4.70 Å². The first-order valence-electron chi connectivity index (χ1n) is 6.11. The van der Waals surface area contributed by atoms with Crippen LogP contribution in [0.5, 0.6) is 0 Å². The van der Waals surface area contributed by atoms with Crippen molar-refractivity contribution in [2.24, 2.45) is 0 Å². The van der Waals surface area contributed by atoms with Crippen molar-refractivity contribution < 1.29 is 9.53 Å². The molecule has 0 fully saturated rings. The lowest BCUT2D eigenvalue weighted by molar-refractivity contribution is 0.0481. The zero-order valence-corrected chi connectivity index (χ0v) is 12.3. The summed E-state index contributed by atoms with van der Waals surface area (Å²) in [6, 6.07) is 9.82. The van der Waals surface area contributed by atoms with Gasteiger partial charge in [0.15, 0.2) is 0 Å². The van der Waals surface area contributed by atoms with E-state index in [2.05, 4.69) is 6.58 Å². The number of carbonyl (C=O) groups excluding carboxylic acids is 1. The summed E-state index contributed by atoms with van der Waals surface area (Å²) in [6.07, 6.45) is 1.79. The van der Waals surface area contributed by atoms with Gasteiger partial charge in [0.25, 0.3) is 0 Å². The van der Waals surface area contributed by atoms with Crippen LogP contribution in [0, 0.1) is 0 Å². The van der Waals surface area contributed by atoms with Crippen molar-refractivity contribution in [1.82, 2.24) is 0 Å². The highest BCUT2D eigenvalue weighted by Gasteiger charge is 2.15. The van der Waals surface area contributed by atoms with Crippen molar-refractivity contribution in [3.63, 3.8) is 0 Å². The average Bonchev–Trinajstić information content (AvgIpc) is 3.08. The van der Waals surface area contributed by atoms with Crippen LogP contribution in [0.15, 0.2) is 47.7 Å². The summed E-state index contributed by atoms with van der Waals surface area (Å²) >= 11 is 3.02. The SMILES string of the molecule is C=Cc1ccc(COC(=O)c2scc3ccsc23)cc1. The molecule has 0 aliphatic carbocycles. The summed E-state index contributed by atoms with van der Waals surface area (Å²) in [6.45, 7) is 4.00. The van der Waals surface area contributed by atoms with E-state index >= 15 is 0 Å². The Balaban J connectivity index is 1.70. The Labute approximate surface area is 124 Å². The lowest BCUT2D eigenvalue weighted by atomic mass is 10.1. The van der Waals surface area contributed by atoms with Crippen molar-refractivity contribution in [2.45, 2.75) is 6.61 Å². The zero-order chi connectivity index (χ0) is 13.9. The summed E-state index contributed by atoms with van der Waals surface area (Å²) in [5.41, 5.74) is 2.03. The number of thiophene rings is 2. The van der Waals surface area contributed by atoms with Crippen LogP contribution in [-0.4, -0.2) is 5.97 Å². The Kier molecular flexibility index (Phi) is 3.67. The van der Waals surface area contributed by atoms with Crippen molar-refractivity contribution in [3.05, 3.63) is 63.7 Å². The first kappa shape index (κ1) is 13.1. The fourth-order valence-electron chi connectivity index (χ4n) is 1.88. The molecule has 3 rings (SSSR count). The molecule has 0 bridgehead atoms. The fraction of sp³-hybridized carbons (Fsp3) is 0.0625. The van der Waals surface area contributed by atoms with E-state index in [1.807, 2.05) is 41.1 Å². The molecule has 0 radical (unpaired) electrons. The van der Waals surface area contributed by atoms with Crippen LogP contribution in [0.1, 0.15) is 20.8 Å². The summed E-state index contributed by atoms with van der Waals surface area (Å²) in [4.78, 5) is 12.8. The van der Waals surface area contributed by atoms with Crippen LogP contribution in [-0.2, 0) is 11.3 Å². The van der Waals surface area contributed by atoms with Crippen LogP contribution >= 0.6 is 22.7 Å². The van der Waals surface area contributed by atoms with Gasteiger partial charge in [-0.15, -0.1) is 22.7 Å². The molecular formula is C16H12O2S2. The Bertz CT molecular complexity index is 750. The molecule has 1 aromatic carbocycles. The molecule has 100 valence electrons. The smallest absolute Gasteiger partial charge is 0.350 e. The van der Waals surface area contributed by atoms with E-state index in [0.717, 1.165) is 21.2 Å². The van der Waals surface area contributed by atoms with Crippen molar-refractivity contribution in [1.29, 1.82) is 0 Å². The largest absolute Gasteiger partial charge is 0.457 e. The molecule has 0 atom stereocenters. The van der Waals surface area contributed by atoms with Gasteiger partial charge < -0.3 is 4.74 Å². The maximum absolute atomic E-state index is 12.1. The van der Waals surface area contributed by atoms with Crippen LogP contribution in [0.25, 0.3) is 16.2 Å². The van der Waals surface area contributed by atoms with Gasteiger partial charge in [0.2, 0.25) is 0 Å². The highest BCUT2D eigenvalue weighted by Crippen LogP contribution is 2.31. The van der Waals surface area contributed by atoms with E-state index in [-0.39, 0.29) is 5.97 Å². The van der Waals surface area contributed by atoms with Crippen molar-refractivity contribution in [3.8, 4) is 0 Å². The third kappa shape index (κ3) is 2.53. The summed E-state index contributed by atoms with van der Waals surface area (Å²) in [5, 5.41) is 5.09. The highest BCUT2D eigenvalue weighted by atomic mass is 32.1. The van der Waals surface area contributed by atoms with Crippen LogP contribution < -0.4 is 0 Å². The van der Waals surface area contributed by atoms with Gasteiger partial charge in [0.1, 0.15) is 11.5 Å². The normalized spacial score (nSPS) is 10.6. The van der Waals surface area contributed by atoms with E-state index in [1.165, 1.54) is 11.3 Å². The molecule has 2 aromatic heterocycles. The Morgan fingerprint density at radius 1 is 1.20 bits per heavy atom. The predicted molar refractivity (Wildman–Crippen MR) is 85.4 cm³/mol. The number of carbonyl (C=O) groups is 1. The lowest BCUT2D eigenvalue weighted by Crippen LogP contribution is -2.03. The molecule has 0 saturated carbocycles. The Morgan fingerprint density at radius 3 is 2.75 bits per heavy atom. The fourth-order valence-corrected chi connectivity index (χ4v) is 3.87. The van der Waals surface area contributed by atoms with Crippen LogP contribution in [0.3, 0.4) is 0 Å². The molecule has 0 N–H and O–H groups in total. The number of fused-ring (bicyclic) bond motifs is 1. The topological polar surface area (TPSA) is 26.3 Å². The van der Waals surface area contributed by atoms with Gasteiger partial charge in [-0.1, -0.05) is 36.9 Å². The zero-order valence-electron chi connectivity index (χ0n) is 10.7. The first-order valence-corrected chi connectivity index (χ1v) is 7.87. The number of esters is 1. The Hall–Kier alpha value is -1.91. The van der Waals surface area contributed by atoms with Gasteiger partial charge in [-0.05, 0) is 22.6 Å². The molecule has 0 amide bonds. The number of ether oxygens (including phenoxy) is 1. The molecule has 0 aliphatic rings. The van der Waals surface area contributed by atoms with Gasteiger partial charge in [-0.3, -0.25) is 0 Å². The second kappa shape index (κ2) is 5.61. The predicted octanol–water partition coefficient (Wildman–Crippen LogP) is 4.96. The van der Waals surface area contributed by atoms with Gasteiger partial charge in [-0.25, -0.2) is 4.79 Å². The molecular weight excluding hydrogens is 288 g/mol. The number of rotatable bonds is 4. The molecule has 4 heteroatoms. The number of hydrogen-bond donors (Lipinski definition) is 0. The Morgan fingerprint density at radius 2 is 2.00 bits per heavy atom. The highest BCUT2D eigenvalue weighted by molar-refractivity contribution is 7.23. The third-order valence-corrected chi connectivity index (χ3v) is 5.03. The molecule has 20 heavy (non-hydrogen) atoms. The van der Waals surface area contributed by atoms with Gasteiger partial charge in [-0.2, -0.15) is 0 Å². The molecule has 0 aliphatic heterocycles. The first-order chi connectivity index (χ1) is 9.78. The van der Waals surface area contributed by atoms with E-state index in [1.54, 1.807) is 17.4 Å². The van der Waals surface area contributed by atoms with Crippen LogP contribution in [0.4, 0.5) is 0 Å². The maximum atomic E-state index is 12.1. The minimum absolute atomic E-state index is 0.250. The van der Waals surface area contributed by atoms with Crippen molar-refractivity contribution in [2.75, 3.05) is 0 Å². The second-order valence-corrected chi connectivity index (χ2v) is 6.09. The maximum Gasteiger partial charge on any atom is 0.350 e. The minimum atomic E-state index is -0.250. The quantitative estimate of drug-likeness (QED) is 0.636. The summed E-state index contributed by atoms with van der Waals surface area (Å²) in [7, 11) is 0. The summed E-state index contributed by atoms with van der Waals surface area (Å²) < 4.78 is 6.39. The van der Waals surface area contributed by atoms with E-state index in [0.29, 0.717) is 11.5 Å². The lowest BCUT2D eigenvalue weighted by Gasteiger charge is -2.04. The van der Waals surface area contributed by atoms with Gasteiger partial charge in [0, 0.05) is 10.8 Å². The third-order valence-electron chi connectivity index (χ3n) is 2.98. The second-order valence-electron chi connectivity index (χ2n) is 4.29. The van der Waals surface area contributed by atoms with Gasteiger partial charge >= 0.3 is 5.97 Å². The minimum Gasteiger partial charge on any atom is -0.457 e. The van der Waals surface area contributed by atoms with E-state index in [4.69, 9.17) is 4.74 Å². The molecule has 0 spiro atoms. The van der Waals surface area contributed by atoms with E-state index < -0.39 is 0 Å². The summed E-state index contributed by atoms with van der Waals surface area (Å²) in [5.74, 6) is -0.250. The molecule has 0 unspecified atom stereocenters.